The first-order chi connectivity index (χ1) is 4.84. The van der Waals surface area contributed by atoms with E-state index in [0.717, 1.165) is 0 Å². The van der Waals surface area contributed by atoms with Gasteiger partial charge in [0.05, 0.1) is 24.5 Å². The molecule has 1 aromatic rings. The van der Waals surface area contributed by atoms with Crippen LogP contribution in [0.4, 0.5) is 0 Å². The van der Waals surface area contributed by atoms with Crippen LogP contribution in [-0.4, -0.2) is 5.71 Å². The molecule has 10 heavy (non-hydrogen) atoms. The summed E-state index contributed by atoms with van der Waals surface area (Å²) in [6, 6.07) is 5.23. The molecule has 0 amide bonds. The molecule has 1 heterocycles. The molecule has 1 N–H and O–H groups in total. The summed E-state index contributed by atoms with van der Waals surface area (Å²) in [4.78, 5) is 0. The van der Waals surface area contributed by atoms with Gasteiger partial charge in [0.2, 0.25) is 0 Å². The lowest BCUT2D eigenvalue weighted by molar-refractivity contribution is 0.556. The van der Waals surface area contributed by atoms with Crippen molar-refractivity contribution in [1.29, 1.82) is 10.7 Å². The Bertz CT molecular complexity index is 256. The number of furan rings is 1. The predicted octanol–water partition coefficient (Wildman–Crippen LogP) is 1.56. The van der Waals surface area contributed by atoms with Gasteiger partial charge in [-0.25, -0.2) is 0 Å². The zero-order valence-electron chi connectivity index (χ0n) is 5.29. The van der Waals surface area contributed by atoms with Crippen LogP contribution in [0.15, 0.2) is 22.8 Å². The lowest BCUT2D eigenvalue weighted by Gasteiger charge is -1.89. The molecule has 3 nitrogen and oxygen atoms in total. The first-order valence-electron chi connectivity index (χ1n) is 2.83. The van der Waals surface area contributed by atoms with Crippen molar-refractivity contribution in [2.24, 2.45) is 0 Å². The van der Waals surface area contributed by atoms with E-state index in [9.17, 15) is 0 Å². The summed E-state index contributed by atoms with van der Waals surface area (Å²) in [6.45, 7) is 0. The highest BCUT2D eigenvalue weighted by Crippen LogP contribution is 2.02. The van der Waals surface area contributed by atoms with Crippen LogP contribution < -0.4 is 0 Å². The zero-order chi connectivity index (χ0) is 7.40. The van der Waals surface area contributed by atoms with Crippen LogP contribution in [0.25, 0.3) is 0 Å². The number of nitrogens with zero attached hydrogens (tertiary/aromatic N) is 1. The standard InChI is InChI=1S/C7H6N2O/c8-4-3-6(9)7-2-1-5-10-7/h1-2,5,9H,3H2. The topological polar surface area (TPSA) is 60.8 Å². The van der Waals surface area contributed by atoms with Gasteiger partial charge in [-0.3, -0.25) is 0 Å². The maximum atomic E-state index is 8.20. The van der Waals surface area contributed by atoms with E-state index < -0.39 is 0 Å². The molecule has 1 aromatic heterocycles. The summed E-state index contributed by atoms with van der Waals surface area (Å²) in [5.41, 5.74) is 0.229. The fourth-order valence-corrected chi connectivity index (χ4v) is 0.616. The third-order valence-corrected chi connectivity index (χ3v) is 1.07. The maximum Gasteiger partial charge on any atom is 0.148 e. The summed E-state index contributed by atoms with van der Waals surface area (Å²) in [5.74, 6) is 0.474. The molecule has 0 unspecified atom stereocenters. The quantitative estimate of drug-likeness (QED) is 0.624. The Hall–Kier alpha value is -1.56. The van der Waals surface area contributed by atoms with Crippen molar-refractivity contribution in [1.82, 2.24) is 0 Å². The summed E-state index contributed by atoms with van der Waals surface area (Å²) in [6.07, 6.45) is 1.59. The Morgan fingerprint density at radius 3 is 3.10 bits per heavy atom. The molecule has 0 aromatic carbocycles. The van der Waals surface area contributed by atoms with Gasteiger partial charge in [-0.05, 0) is 12.1 Å². The second-order valence-corrected chi connectivity index (χ2v) is 1.79. The Kier molecular flexibility index (Phi) is 1.86. The molecule has 3 heteroatoms. The van der Waals surface area contributed by atoms with Gasteiger partial charge in [-0.15, -0.1) is 0 Å². The molecule has 0 spiro atoms. The van der Waals surface area contributed by atoms with Crippen LogP contribution in [0.2, 0.25) is 0 Å². The molecule has 0 atom stereocenters. The highest BCUT2D eigenvalue weighted by Gasteiger charge is 2.01. The van der Waals surface area contributed by atoms with Gasteiger partial charge in [0.1, 0.15) is 5.76 Å². The molecule has 0 aliphatic carbocycles. The first kappa shape index (κ1) is 6.56. The van der Waals surface area contributed by atoms with Crippen molar-refractivity contribution in [3.05, 3.63) is 24.2 Å². The van der Waals surface area contributed by atoms with Gasteiger partial charge in [0, 0.05) is 0 Å². The van der Waals surface area contributed by atoms with Crippen LogP contribution in [0.1, 0.15) is 12.2 Å². The summed E-state index contributed by atoms with van der Waals surface area (Å²) < 4.78 is 4.87. The van der Waals surface area contributed by atoms with Crippen molar-refractivity contribution in [3.63, 3.8) is 0 Å². The molecule has 1 rings (SSSR count). The second kappa shape index (κ2) is 2.83. The number of nitrogens with one attached hydrogen (secondary N) is 1. The van der Waals surface area contributed by atoms with Crippen molar-refractivity contribution in [2.45, 2.75) is 6.42 Å². The molecular weight excluding hydrogens is 128 g/mol. The lowest BCUT2D eigenvalue weighted by Crippen LogP contribution is -1.93. The molecular formula is C7H6N2O. The minimum absolute atomic E-state index is 0.105. The van der Waals surface area contributed by atoms with Crippen LogP contribution in [-0.2, 0) is 0 Å². The van der Waals surface area contributed by atoms with Gasteiger partial charge >= 0.3 is 0 Å². The van der Waals surface area contributed by atoms with Crippen LogP contribution in [0.5, 0.6) is 0 Å². The Labute approximate surface area is 58.4 Å². The average Bonchev–Trinajstić information content (AvgIpc) is 2.38. The molecule has 0 saturated heterocycles. The van der Waals surface area contributed by atoms with Crippen LogP contribution in [0, 0.1) is 16.7 Å². The number of nitriles is 1. The Morgan fingerprint density at radius 2 is 2.60 bits per heavy atom. The Morgan fingerprint density at radius 1 is 1.80 bits per heavy atom. The van der Waals surface area contributed by atoms with Crippen LogP contribution in [0.3, 0.4) is 0 Å². The Balaban J connectivity index is 2.71. The molecule has 50 valence electrons. The van der Waals surface area contributed by atoms with Crippen molar-refractivity contribution in [2.75, 3.05) is 0 Å². The number of hydrogen-bond donors (Lipinski definition) is 1. The van der Waals surface area contributed by atoms with Gasteiger partial charge in [0.25, 0.3) is 0 Å². The maximum absolute atomic E-state index is 8.20. The van der Waals surface area contributed by atoms with Gasteiger partial charge in [-0.1, -0.05) is 0 Å². The summed E-state index contributed by atoms with van der Waals surface area (Å²) in [7, 11) is 0. The van der Waals surface area contributed by atoms with E-state index in [1.165, 1.54) is 6.26 Å². The van der Waals surface area contributed by atoms with E-state index in [4.69, 9.17) is 15.1 Å². The van der Waals surface area contributed by atoms with E-state index in [1.54, 1.807) is 12.1 Å². The minimum Gasteiger partial charge on any atom is -0.463 e. The highest BCUT2D eigenvalue weighted by atomic mass is 16.3. The highest BCUT2D eigenvalue weighted by molar-refractivity contribution is 5.96. The van der Waals surface area contributed by atoms with Gasteiger partial charge in [-0.2, -0.15) is 5.26 Å². The fraction of sp³-hybridized carbons (Fsp3) is 0.143. The number of hydrogen-bond acceptors (Lipinski definition) is 3. The minimum atomic E-state index is 0.105. The third-order valence-electron chi connectivity index (χ3n) is 1.07. The molecule has 0 aliphatic rings. The summed E-state index contributed by atoms with van der Waals surface area (Å²) in [5, 5.41) is 15.4. The van der Waals surface area contributed by atoms with Crippen molar-refractivity contribution >= 4 is 5.71 Å². The second-order valence-electron chi connectivity index (χ2n) is 1.79. The van der Waals surface area contributed by atoms with E-state index in [0.29, 0.717) is 5.76 Å². The van der Waals surface area contributed by atoms with E-state index in [2.05, 4.69) is 0 Å². The molecule has 0 radical (unpaired) electrons. The largest absolute Gasteiger partial charge is 0.463 e. The van der Waals surface area contributed by atoms with E-state index in [1.807, 2.05) is 6.07 Å². The first-order valence-corrected chi connectivity index (χ1v) is 2.83. The molecule has 0 saturated carbocycles. The lowest BCUT2D eigenvalue weighted by atomic mass is 10.2. The average molecular weight is 134 g/mol. The zero-order valence-corrected chi connectivity index (χ0v) is 5.29. The normalized spacial score (nSPS) is 8.70. The van der Waals surface area contributed by atoms with Gasteiger partial charge < -0.3 is 9.83 Å². The number of rotatable bonds is 2. The van der Waals surface area contributed by atoms with E-state index in [-0.39, 0.29) is 12.1 Å². The van der Waals surface area contributed by atoms with Gasteiger partial charge in [0.15, 0.2) is 0 Å². The monoisotopic (exact) mass is 134 g/mol. The van der Waals surface area contributed by atoms with Crippen molar-refractivity contribution < 1.29 is 4.42 Å². The SMILES string of the molecule is N#CCC(=N)c1ccco1. The molecule has 0 bridgehead atoms. The smallest absolute Gasteiger partial charge is 0.148 e. The molecule has 0 fully saturated rings. The molecule has 0 aliphatic heterocycles. The van der Waals surface area contributed by atoms with Crippen LogP contribution >= 0.6 is 0 Å². The third kappa shape index (κ3) is 1.23. The fourth-order valence-electron chi connectivity index (χ4n) is 0.616. The van der Waals surface area contributed by atoms with E-state index >= 15 is 0 Å². The summed E-state index contributed by atoms with van der Waals surface area (Å²) >= 11 is 0. The van der Waals surface area contributed by atoms with Crippen molar-refractivity contribution in [3.8, 4) is 6.07 Å². The predicted molar refractivity (Wildman–Crippen MR) is 35.8 cm³/mol.